The first-order valence-electron chi connectivity index (χ1n) is 10.7. The van der Waals surface area contributed by atoms with Crippen molar-refractivity contribution in [3.8, 4) is 0 Å². The maximum Gasteiger partial charge on any atom is 0.192 e. The Morgan fingerprint density at radius 2 is 1.68 bits per heavy atom. The summed E-state index contributed by atoms with van der Waals surface area (Å²) in [6.45, 7) is 22.3. The molecule has 0 N–H and O–H groups in total. The van der Waals surface area contributed by atoms with Crippen molar-refractivity contribution < 1.29 is 13.9 Å². The first-order chi connectivity index (χ1) is 12.7. The highest BCUT2D eigenvalue weighted by molar-refractivity contribution is 6.78. The van der Waals surface area contributed by atoms with Gasteiger partial charge in [0.05, 0.1) is 38.7 Å². The molecule has 1 fully saturated rings. The summed E-state index contributed by atoms with van der Waals surface area (Å²) in [6, 6.07) is 10.4. The van der Waals surface area contributed by atoms with Crippen LogP contribution in [0.15, 0.2) is 30.3 Å². The van der Waals surface area contributed by atoms with E-state index in [-0.39, 0.29) is 16.7 Å². The molecule has 3 unspecified atom stereocenters. The summed E-state index contributed by atoms with van der Waals surface area (Å²) in [4.78, 5) is 0. The van der Waals surface area contributed by atoms with E-state index in [4.69, 9.17) is 13.9 Å². The quantitative estimate of drug-likeness (QED) is 0.322. The predicted octanol–water partition coefficient (Wildman–Crippen LogP) is 6.41. The summed E-state index contributed by atoms with van der Waals surface area (Å²) >= 11 is 0. The molecule has 28 heavy (non-hydrogen) atoms. The van der Waals surface area contributed by atoms with E-state index in [1.54, 1.807) is 0 Å². The van der Waals surface area contributed by atoms with Crippen molar-refractivity contribution in [3.05, 3.63) is 35.9 Å². The molecule has 1 heterocycles. The fraction of sp³-hybridized carbons (Fsp3) is 0.739. The van der Waals surface area contributed by atoms with Gasteiger partial charge in [0.25, 0.3) is 0 Å². The molecular formula is C23H42O3Si2. The second kappa shape index (κ2) is 8.72. The van der Waals surface area contributed by atoms with Crippen LogP contribution in [0.1, 0.15) is 46.1 Å². The Morgan fingerprint density at radius 1 is 1.07 bits per heavy atom. The number of hydrogen-bond donors (Lipinski definition) is 0. The van der Waals surface area contributed by atoms with Gasteiger partial charge in [-0.3, -0.25) is 0 Å². The molecule has 0 spiro atoms. The number of hydrogen-bond acceptors (Lipinski definition) is 3. The Bertz CT molecular complexity index is 619. The Hall–Kier alpha value is -0.466. The highest BCUT2D eigenvalue weighted by atomic mass is 28.4. The molecule has 0 aliphatic carbocycles. The monoisotopic (exact) mass is 422 g/mol. The lowest BCUT2D eigenvalue weighted by Crippen LogP contribution is -2.45. The Morgan fingerprint density at radius 3 is 2.18 bits per heavy atom. The Kier molecular flexibility index (Phi) is 7.42. The third kappa shape index (κ3) is 6.52. The van der Waals surface area contributed by atoms with Crippen LogP contribution in [0, 0.1) is 0 Å². The molecule has 1 aliphatic rings. The molecule has 1 aliphatic heterocycles. The van der Waals surface area contributed by atoms with Crippen LogP contribution in [0.3, 0.4) is 0 Å². The fourth-order valence-corrected chi connectivity index (χ4v) is 7.59. The number of ether oxygens (including phenoxy) is 2. The number of epoxide rings is 1. The molecule has 3 atom stereocenters. The topological polar surface area (TPSA) is 31.0 Å². The third-order valence-electron chi connectivity index (χ3n) is 6.32. The lowest BCUT2D eigenvalue weighted by molar-refractivity contribution is 0.0269. The maximum absolute atomic E-state index is 6.75. The zero-order valence-corrected chi connectivity index (χ0v) is 21.6. The zero-order valence-electron chi connectivity index (χ0n) is 19.6. The molecule has 1 aromatic carbocycles. The van der Waals surface area contributed by atoms with Crippen molar-refractivity contribution in [1.29, 1.82) is 0 Å². The normalized spacial score (nSPS) is 24.2. The molecule has 0 amide bonds. The van der Waals surface area contributed by atoms with Crippen LogP contribution in [0.5, 0.6) is 0 Å². The van der Waals surface area contributed by atoms with Gasteiger partial charge in [0, 0.05) is 0 Å². The van der Waals surface area contributed by atoms with Gasteiger partial charge in [0.1, 0.15) is 0 Å². The molecule has 0 radical (unpaired) electrons. The van der Waals surface area contributed by atoms with Gasteiger partial charge in [-0.25, -0.2) is 0 Å². The van der Waals surface area contributed by atoms with Crippen LogP contribution < -0.4 is 0 Å². The summed E-state index contributed by atoms with van der Waals surface area (Å²) < 4.78 is 19.0. The molecule has 0 aromatic heterocycles. The summed E-state index contributed by atoms with van der Waals surface area (Å²) in [6.07, 6.45) is 2.18. The first kappa shape index (κ1) is 23.8. The van der Waals surface area contributed by atoms with E-state index in [9.17, 15) is 0 Å². The van der Waals surface area contributed by atoms with E-state index in [2.05, 4.69) is 84.7 Å². The smallest absolute Gasteiger partial charge is 0.192 e. The predicted molar refractivity (Wildman–Crippen MR) is 124 cm³/mol. The van der Waals surface area contributed by atoms with E-state index in [0.29, 0.717) is 18.9 Å². The van der Waals surface area contributed by atoms with Crippen LogP contribution in [-0.2, 0) is 20.5 Å². The summed E-state index contributed by atoms with van der Waals surface area (Å²) in [5.74, 6) is 0. The van der Waals surface area contributed by atoms with Crippen molar-refractivity contribution >= 4 is 16.4 Å². The summed E-state index contributed by atoms with van der Waals surface area (Å²) in [5, 5.41) is 0.200. The highest BCUT2D eigenvalue weighted by Crippen LogP contribution is 2.46. The van der Waals surface area contributed by atoms with Gasteiger partial charge in [-0.1, -0.05) is 70.7 Å². The minimum atomic E-state index is -1.84. The average Bonchev–Trinajstić information content (AvgIpc) is 3.25. The largest absolute Gasteiger partial charge is 0.412 e. The van der Waals surface area contributed by atoms with Gasteiger partial charge in [-0.05, 0) is 43.5 Å². The van der Waals surface area contributed by atoms with Gasteiger partial charge >= 0.3 is 0 Å². The lowest BCUT2D eigenvalue weighted by atomic mass is 10.0. The molecule has 0 bridgehead atoms. The Balaban J connectivity index is 1.96. The van der Waals surface area contributed by atoms with E-state index < -0.39 is 16.4 Å². The van der Waals surface area contributed by atoms with Crippen LogP contribution in [0.4, 0.5) is 0 Å². The molecule has 1 aromatic rings. The second-order valence-corrected chi connectivity index (χ2v) is 21.2. The van der Waals surface area contributed by atoms with Gasteiger partial charge in [-0.15, -0.1) is 0 Å². The van der Waals surface area contributed by atoms with Crippen LogP contribution in [0.25, 0.3) is 0 Å². The molecule has 0 saturated carbocycles. The minimum absolute atomic E-state index is 0.0406. The van der Waals surface area contributed by atoms with Crippen LogP contribution in [0.2, 0.25) is 37.8 Å². The zero-order chi connectivity index (χ0) is 21.2. The second-order valence-electron chi connectivity index (χ2n) is 11.2. The average molecular weight is 423 g/mol. The SMILES string of the molecule is CC1(CCC(COCc2ccccc2)O[Si](C)(C)C(C)(C)C)OC1[Si](C)(C)C. The highest BCUT2D eigenvalue weighted by Gasteiger charge is 2.58. The fourth-order valence-electron chi connectivity index (χ4n) is 3.62. The van der Waals surface area contributed by atoms with Crippen LogP contribution >= 0.6 is 0 Å². The van der Waals surface area contributed by atoms with E-state index in [1.165, 1.54) is 5.56 Å². The van der Waals surface area contributed by atoms with Crippen molar-refractivity contribution in [1.82, 2.24) is 0 Å². The number of rotatable bonds is 10. The van der Waals surface area contributed by atoms with Gasteiger partial charge in [-0.2, -0.15) is 0 Å². The number of benzene rings is 1. The molecule has 1 saturated heterocycles. The van der Waals surface area contributed by atoms with Crippen molar-refractivity contribution in [3.63, 3.8) is 0 Å². The van der Waals surface area contributed by atoms with Gasteiger partial charge in [0.2, 0.25) is 0 Å². The molecule has 160 valence electrons. The van der Waals surface area contributed by atoms with Crippen molar-refractivity contribution in [2.24, 2.45) is 0 Å². The van der Waals surface area contributed by atoms with E-state index in [1.807, 2.05) is 6.07 Å². The van der Waals surface area contributed by atoms with E-state index >= 15 is 0 Å². The van der Waals surface area contributed by atoms with Gasteiger partial charge < -0.3 is 13.9 Å². The maximum atomic E-state index is 6.75. The Labute approximate surface area is 175 Å². The third-order valence-corrected chi connectivity index (χ3v) is 13.2. The van der Waals surface area contributed by atoms with Gasteiger partial charge in [0.15, 0.2) is 8.32 Å². The van der Waals surface area contributed by atoms with Crippen molar-refractivity contribution in [2.75, 3.05) is 6.61 Å². The lowest BCUT2D eigenvalue weighted by Gasteiger charge is -2.39. The van der Waals surface area contributed by atoms with E-state index in [0.717, 1.165) is 12.8 Å². The molecule has 2 rings (SSSR count). The standard InChI is InChI=1S/C23H42O3Si2/c1-22(2,3)28(8,9)26-20(18-24-17-19-13-11-10-12-14-19)15-16-23(4)21(25-23)27(5,6)7/h10-14,20-21H,15-18H2,1-9H3. The molecular weight excluding hydrogens is 380 g/mol. The minimum Gasteiger partial charge on any atom is -0.412 e. The van der Waals surface area contributed by atoms with Crippen LogP contribution in [-0.4, -0.2) is 40.4 Å². The molecule has 3 nitrogen and oxygen atoms in total. The molecule has 5 heteroatoms. The first-order valence-corrected chi connectivity index (χ1v) is 17.2. The summed E-state index contributed by atoms with van der Waals surface area (Å²) in [5.41, 5.74) is 1.72. The van der Waals surface area contributed by atoms with Crippen molar-refractivity contribution in [2.45, 2.75) is 102 Å². The summed E-state index contributed by atoms with van der Waals surface area (Å²) in [7, 11) is -3.10.